The quantitative estimate of drug-likeness (QED) is 0.414. The minimum Gasteiger partial charge on any atom is -0.0976 e. The predicted molar refractivity (Wildman–Crippen MR) is 59.3 cm³/mol. The predicted octanol–water partition coefficient (Wildman–Crippen LogP) is 4.36. The minimum atomic E-state index is 1.34. The van der Waals surface area contributed by atoms with E-state index in [1.807, 2.05) is 21.6 Å². The van der Waals surface area contributed by atoms with Gasteiger partial charge in [0.05, 0.1) is 0 Å². The van der Waals surface area contributed by atoms with Gasteiger partial charge >= 0.3 is 0 Å². The summed E-state index contributed by atoms with van der Waals surface area (Å²) in [6.45, 7) is 2.27. The minimum absolute atomic E-state index is 1.34. The monoisotopic (exact) mass is 192 g/mol. The summed E-state index contributed by atoms with van der Waals surface area (Å²) in [7, 11) is 3.88. The van der Waals surface area contributed by atoms with Crippen LogP contribution in [0.2, 0.25) is 0 Å². The highest BCUT2D eigenvalue weighted by Gasteiger charge is 1.89. The van der Waals surface area contributed by atoms with Crippen molar-refractivity contribution in [3.8, 4) is 0 Å². The van der Waals surface area contributed by atoms with Gasteiger partial charge in [0.1, 0.15) is 0 Å². The summed E-state index contributed by atoms with van der Waals surface area (Å²) in [6, 6.07) is 0. The third-order valence-electron chi connectivity index (χ3n) is 1.70. The molecule has 0 nitrogen and oxygen atoms in total. The van der Waals surface area contributed by atoms with E-state index in [1.165, 1.54) is 44.3 Å². The van der Waals surface area contributed by atoms with E-state index in [1.54, 1.807) is 0 Å². The molecule has 0 atom stereocenters. The Morgan fingerprint density at radius 2 is 1.55 bits per heavy atom. The fourth-order valence-corrected chi connectivity index (χ4v) is 2.37. The molecule has 0 fully saturated rings. The second-order valence-corrected chi connectivity index (χ2v) is 5.44. The molecule has 0 bridgehead atoms. The van der Waals surface area contributed by atoms with Crippen LogP contribution in [0.3, 0.4) is 0 Å². The molecule has 0 amide bonds. The van der Waals surface area contributed by atoms with Crippen LogP contribution in [0.4, 0.5) is 0 Å². The zero-order valence-corrected chi connectivity index (χ0v) is 9.40. The Bertz CT molecular complexity index is 56.6. The van der Waals surface area contributed by atoms with Crippen molar-refractivity contribution in [3.05, 3.63) is 0 Å². The van der Waals surface area contributed by atoms with Crippen LogP contribution in [0.15, 0.2) is 0 Å². The van der Waals surface area contributed by atoms with Crippen molar-refractivity contribution in [2.24, 2.45) is 0 Å². The molecule has 0 N–H and O–H groups in total. The largest absolute Gasteiger partial charge is 0.0976 e. The van der Waals surface area contributed by atoms with Crippen molar-refractivity contribution < 1.29 is 0 Å². The van der Waals surface area contributed by atoms with Crippen LogP contribution in [0.1, 0.15) is 45.4 Å². The van der Waals surface area contributed by atoms with Gasteiger partial charge in [-0.2, -0.15) is 0 Å². The maximum atomic E-state index is 2.27. The summed E-state index contributed by atoms with van der Waals surface area (Å²) in [5.41, 5.74) is 0. The second kappa shape index (κ2) is 10.7. The Labute approximate surface area is 79.3 Å². The zero-order valence-electron chi connectivity index (χ0n) is 7.77. The molecular formula is C9H20S2. The molecular weight excluding hydrogens is 172 g/mol. The van der Waals surface area contributed by atoms with Gasteiger partial charge in [0.2, 0.25) is 0 Å². The van der Waals surface area contributed by atoms with E-state index in [9.17, 15) is 0 Å². The van der Waals surface area contributed by atoms with Crippen LogP contribution in [0, 0.1) is 0 Å². The highest BCUT2D eigenvalue weighted by molar-refractivity contribution is 8.76. The van der Waals surface area contributed by atoms with Crippen LogP contribution >= 0.6 is 21.6 Å². The van der Waals surface area contributed by atoms with Crippen LogP contribution in [-0.4, -0.2) is 12.0 Å². The molecule has 0 saturated carbocycles. The number of hydrogen-bond donors (Lipinski definition) is 0. The number of hydrogen-bond acceptors (Lipinski definition) is 2. The lowest BCUT2D eigenvalue weighted by Crippen LogP contribution is -1.80. The summed E-state index contributed by atoms with van der Waals surface area (Å²) in [5.74, 6) is 1.34. The van der Waals surface area contributed by atoms with E-state index >= 15 is 0 Å². The Hall–Kier alpha value is 0.700. The van der Waals surface area contributed by atoms with E-state index in [4.69, 9.17) is 0 Å². The van der Waals surface area contributed by atoms with Gasteiger partial charge in [0.25, 0.3) is 0 Å². The van der Waals surface area contributed by atoms with E-state index in [0.29, 0.717) is 0 Å². The Morgan fingerprint density at radius 1 is 0.909 bits per heavy atom. The van der Waals surface area contributed by atoms with E-state index in [2.05, 4.69) is 13.2 Å². The molecule has 2 heteroatoms. The molecule has 0 aliphatic carbocycles. The summed E-state index contributed by atoms with van der Waals surface area (Å²) in [6.07, 6.45) is 10.7. The smallest absolute Gasteiger partial charge is 0.00368 e. The SMILES string of the molecule is CCCCCCCCSSC. The van der Waals surface area contributed by atoms with Gasteiger partial charge in [-0.1, -0.05) is 60.6 Å². The van der Waals surface area contributed by atoms with Crippen molar-refractivity contribution >= 4 is 21.6 Å². The average molecular weight is 192 g/mol. The molecule has 0 saturated heterocycles. The van der Waals surface area contributed by atoms with E-state index in [-0.39, 0.29) is 0 Å². The van der Waals surface area contributed by atoms with Crippen LogP contribution in [-0.2, 0) is 0 Å². The molecule has 0 unspecified atom stereocenters. The van der Waals surface area contributed by atoms with Gasteiger partial charge in [0, 0.05) is 5.75 Å². The van der Waals surface area contributed by atoms with Crippen molar-refractivity contribution in [1.82, 2.24) is 0 Å². The van der Waals surface area contributed by atoms with Gasteiger partial charge in [-0.15, -0.1) is 0 Å². The summed E-state index contributed by atoms with van der Waals surface area (Å²) in [4.78, 5) is 0. The van der Waals surface area contributed by atoms with Crippen molar-refractivity contribution in [1.29, 1.82) is 0 Å². The van der Waals surface area contributed by atoms with Gasteiger partial charge in [0.15, 0.2) is 0 Å². The standard InChI is InChI=1S/C9H20S2/c1-3-4-5-6-7-8-9-11-10-2/h3-9H2,1-2H3. The van der Waals surface area contributed by atoms with E-state index < -0.39 is 0 Å². The van der Waals surface area contributed by atoms with Gasteiger partial charge in [-0.05, 0) is 12.7 Å². The van der Waals surface area contributed by atoms with Crippen molar-refractivity contribution in [2.75, 3.05) is 12.0 Å². The molecule has 0 aliphatic heterocycles. The normalized spacial score (nSPS) is 10.4. The molecule has 0 aromatic carbocycles. The van der Waals surface area contributed by atoms with Crippen molar-refractivity contribution in [3.63, 3.8) is 0 Å². The summed E-state index contributed by atoms with van der Waals surface area (Å²) >= 11 is 0. The average Bonchev–Trinajstić information content (AvgIpc) is 2.03. The summed E-state index contributed by atoms with van der Waals surface area (Å²) < 4.78 is 0. The first-order valence-electron chi connectivity index (χ1n) is 4.57. The molecule has 0 radical (unpaired) electrons. The lowest BCUT2D eigenvalue weighted by Gasteiger charge is -1.98. The fourth-order valence-electron chi connectivity index (χ4n) is 1.02. The Morgan fingerprint density at radius 3 is 2.18 bits per heavy atom. The molecule has 0 rings (SSSR count). The first-order chi connectivity index (χ1) is 5.41. The van der Waals surface area contributed by atoms with Gasteiger partial charge < -0.3 is 0 Å². The second-order valence-electron chi connectivity index (χ2n) is 2.76. The molecule has 0 aromatic rings. The van der Waals surface area contributed by atoms with Crippen molar-refractivity contribution in [2.45, 2.75) is 45.4 Å². The fraction of sp³-hybridized carbons (Fsp3) is 1.00. The number of unbranched alkanes of at least 4 members (excludes halogenated alkanes) is 5. The Balaban J connectivity index is 2.69. The summed E-state index contributed by atoms with van der Waals surface area (Å²) in [5, 5.41) is 0. The van der Waals surface area contributed by atoms with Crippen LogP contribution < -0.4 is 0 Å². The number of rotatable bonds is 8. The topological polar surface area (TPSA) is 0 Å². The molecule has 0 aliphatic rings. The highest BCUT2D eigenvalue weighted by atomic mass is 33.1. The Kier molecular flexibility index (Phi) is 11.4. The van der Waals surface area contributed by atoms with E-state index in [0.717, 1.165) is 0 Å². The highest BCUT2D eigenvalue weighted by Crippen LogP contribution is 2.19. The maximum absolute atomic E-state index is 2.27. The molecule has 68 valence electrons. The third kappa shape index (κ3) is 10.7. The molecule has 0 heterocycles. The van der Waals surface area contributed by atoms with Crippen LogP contribution in [0.5, 0.6) is 0 Å². The zero-order chi connectivity index (χ0) is 8.36. The molecule has 0 aromatic heterocycles. The molecule has 11 heavy (non-hydrogen) atoms. The maximum Gasteiger partial charge on any atom is 0.00368 e. The van der Waals surface area contributed by atoms with Gasteiger partial charge in [-0.3, -0.25) is 0 Å². The van der Waals surface area contributed by atoms with Gasteiger partial charge in [-0.25, -0.2) is 0 Å². The van der Waals surface area contributed by atoms with Crippen LogP contribution in [0.25, 0.3) is 0 Å². The lowest BCUT2D eigenvalue weighted by atomic mass is 10.1. The third-order valence-corrected chi connectivity index (χ3v) is 3.60. The lowest BCUT2D eigenvalue weighted by molar-refractivity contribution is 0.627. The first kappa shape index (κ1) is 11.7. The molecule has 0 spiro atoms. The first-order valence-corrected chi connectivity index (χ1v) is 7.30.